The van der Waals surface area contributed by atoms with Gasteiger partial charge in [0.2, 0.25) is 11.8 Å². The van der Waals surface area contributed by atoms with Crippen LogP contribution < -0.4 is 21.2 Å². The number of ether oxygens (including phenoxy) is 1. The molecule has 2 fully saturated rings. The van der Waals surface area contributed by atoms with Crippen molar-refractivity contribution in [3.05, 3.63) is 28.7 Å². The van der Waals surface area contributed by atoms with Crippen LogP contribution in [0, 0.1) is 0 Å². The normalized spacial score (nSPS) is 19.4. The average molecular weight is 475 g/mol. The molecule has 3 amide bonds. The van der Waals surface area contributed by atoms with Crippen molar-refractivity contribution < 1.29 is 24.2 Å². The smallest absolute Gasteiger partial charge is 0.404 e. The molecule has 3 N–H and O–H groups in total. The number of aromatic nitrogens is 2. The Kier molecular flexibility index (Phi) is 7.17. The average Bonchev–Trinajstić information content (AvgIpc) is 3.06. The lowest BCUT2D eigenvalue weighted by molar-refractivity contribution is -0.135. The van der Waals surface area contributed by atoms with Crippen molar-refractivity contribution in [3.8, 4) is 0 Å². The van der Waals surface area contributed by atoms with Crippen LogP contribution in [0.2, 0.25) is 0 Å². The number of nitrogens with one attached hydrogen (secondary N) is 2. The van der Waals surface area contributed by atoms with Crippen molar-refractivity contribution in [2.75, 3.05) is 57.4 Å². The van der Waals surface area contributed by atoms with Crippen LogP contribution in [0.3, 0.4) is 0 Å². The molecule has 184 valence electrons. The molecule has 2 aromatic rings. The SMILES string of the molecule is Cn1c(=O)n(C2CCC(=O)NC2=O)c2ccc(N3CCN(CCOCCNC(=O)O)CC3)cc21. The molecule has 34 heavy (non-hydrogen) atoms. The highest BCUT2D eigenvalue weighted by Gasteiger charge is 2.31. The monoisotopic (exact) mass is 474 g/mol. The van der Waals surface area contributed by atoms with Gasteiger partial charge in [0.15, 0.2) is 0 Å². The number of benzene rings is 1. The van der Waals surface area contributed by atoms with Gasteiger partial charge in [0, 0.05) is 58.4 Å². The Bertz CT molecular complexity index is 1130. The highest BCUT2D eigenvalue weighted by molar-refractivity contribution is 6.00. The minimum atomic E-state index is -1.05. The maximum Gasteiger partial charge on any atom is 0.404 e. The summed E-state index contributed by atoms with van der Waals surface area (Å²) in [6.07, 6.45) is -0.524. The number of carbonyl (C=O) groups is 3. The van der Waals surface area contributed by atoms with Crippen LogP contribution in [-0.4, -0.2) is 89.5 Å². The van der Waals surface area contributed by atoms with Gasteiger partial charge in [0.05, 0.1) is 24.2 Å². The number of amides is 3. The Labute approximate surface area is 196 Å². The van der Waals surface area contributed by atoms with E-state index in [4.69, 9.17) is 9.84 Å². The molecule has 2 aliphatic rings. The van der Waals surface area contributed by atoms with E-state index in [1.165, 1.54) is 4.57 Å². The molecule has 1 unspecified atom stereocenters. The molecule has 1 aromatic heterocycles. The molecule has 3 heterocycles. The number of piperidine rings is 1. The molecule has 2 saturated heterocycles. The van der Waals surface area contributed by atoms with Gasteiger partial charge in [-0.2, -0.15) is 0 Å². The van der Waals surface area contributed by atoms with Crippen molar-refractivity contribution in [2.45, 2.75) is 18.9 Å². The molecule has 4 rings (SSSR count). The number of hydrogen-bond donors (Lipinski definition) is 3. The number of fused-ring (bicyclic) bond motifs is 1. The van der Waals surface area contributed by atoms with Crippen LogP contribution >= 0.6 is 0 Å². The van der Waals surface area contributed by atoms with Crippen molar-refractivity contribution >= 4 is 34.6 Å². The second-order valence-electron chi connectivity index (χ2n) is 8.52. The van der Waals surface area contributed by atoms with Crippen molar-refractivity contribution in [1.29, 1.82) is 0 Å². The third kappa shape index (κ3) is 5.07. The van der Waals surface area contributed by atoms with Gasteiger partial charge < -0.3 is 20.1 Å². The fraction of sp³-hybridized carbons (Fsp3) is 0.545. The largest absolute Gasteiger partial charge is 0.465 e. The second-order valence-corrected chi connectivity index (χ2v) is 8.52. The van der Waals surface area contributed by atoms with E-state index >= 15 is 0 Å². The fourth-order valence-corrected chi connectivity index (χ4v) is 4.53. The highest BCUT2D eigenvalue weighted by Crippen LogP contribution is 2.27. The first kappa shape index (κ1) is 23.8. The topological polar surface area (TPSA) is 138 Å². The van der Waals surface area contributed by atoms with Crippen molar-refractivity contribution in [2.24, 2.45) is 7.05 Å². The van der Waals surface area contributed by atoms with Gasteiger partial charge in [-0.15, -0.1) is 0 Å². The summed E-state index contributed by atoms with van der Waals surface area (Å²) in [7, 11) is 1.70. The zero-order chi connectivity index (χ0) is 24.2. The molecular formula is C22H30N6O6. The van der Waals surface area contributed by atoms with E-state index in [-0.39, 0.29) is 24.6 Å². The van der Waals surface area contributed by atoms with Crippen molar-refractivity contribution in [3.63, 3.8) is 0 Å². The number of aryl methyl sites for hydroxylation is 1. The molecule has 0 bridgehead atoms. The first-order valence-corrected chi connectivity index (χ1v) is 11.4. The Hall–Kier alpha value is -3.38. The number of imide groups is 1. The first-order valence-electron chi connectivity index (χ1n) is 11.4. The zero-order valence-corrected chi connectivity index (χ0v) is 19.2. The molecule has 2 aliphatic heterocycles. The summed E-state index contributed by atoms with van der Waals surface area (Å²) in [5.41, 5.74) is 2.17. The Morgan fingerprint density at radius 1 is 1.15 bits per heavy atom. The van der Waals surface area contributed by atoms with E-state index in [0.29, 0.717) is 25.2 Å². The fourth-order valence-electron chi connectivity index (χ4n) is 4.53. The van der Waals surface area contributed by atoms with Gasteiger partial charge in [-0.05, 0) is 24.6 Å². The number of hydrogen-bond acceptors (Lipinski definition) is 7. The lowest BCUT2D eigenvalue weighted by atomic mass is 10.1. The minimum absolute atomic E-state index is 0.214. The summed E-state index contributed by atoms with van der Waals surface area (Å²) < 4.78 is 8.52. The van der Waals surface area contributed by atoms with E-state index in [1.807, 2.05) is 18.2 Å². The van der Waals surface area contributed by atoms with Crippen LogP contribution in [0.1, 0.15) is 18.9 Å². The van der Waals surface area contributed by atoms with Crippen LogP contribution in [0.4, 0.5) is 10.5 Å². The molecule has 0 saturated carbocycles. The van der Waals surface area contributed by atoms with Crippen LogP contribution in [0.25, 0.3) is 11.0 Å². The van der Waals surface area contributed by atoms with E-state index in [1.54, 1.807) is 11.6 Å². The van der Waals surface area contributed by atoms with Gasteiger partial charge in [0.25, 0.3) is 0 Å². The van der Waals surface area contributed by atoms with Crippen LogP contribution in [0.15, 0.2) is 23.0 Å². The van der Waals surface area contributed by atoms with E-state index in [2.05, 4.69) is 20.4 Å². The molecule has 1 atom stereocenters. The summed E-state index contributed by atoms with van der Waals surface area (Å²) in [6.45, 7) is 5.34. The van der Waals surface area contributed by atoms with E-state index in [9.17, 15) is 19.2 Å². The number of imidazole rings is 1. The lowest BCUT2D eigenvalue weighted by Crippen LogP contribution is -2.47. The predicted octanol–water partition coefficient (Wildman–Crippen LogP) is -0.276. The number of carboxylic acid groups (broad SMARTS) is 1. The molecule has 0 aliphatic carbocycles. The number of rotatable bonds is 8. The zero-order valence-electron chi connectivity index (χ0n) is 19.2. The molecule has 0 spiro atoms. The van der Waals surface area contributed by atoms with Gasteiger partial charge in [0.1, 0.15) is 6.04 Å². The maximum atomic E-state index is 12.9. The first-order chi connectivity index (χ1) is 16.3. The van der Waals surface area contributed by atoms with Gasteiger partial charge in [-0.1, -0.05) is 0 Å². The molecular weight excluding hydrogens is 444 g/mol. The quantitative estimate of drug-likeness (QED) is 0.351. The van der Waals surface area contributed by atoms with Gasteiger partial charge in [-0.25, -0.2) is 9.59 Å². The lowest BCUT2D eigenvalue weighted by Gasteiger charge is -2.36. The Balaban J connectivity index is 1.37. The molecule has 0 radical (unpaired) electrons. The van der Waals surface area contributed by atoms with Crippen LogP contribution in [0.5, 0.6) is 0 Å². The summed E-state index contributed by atoms with van der Waals surface area (Å²) in [4.78, 5) is 51.8. The molecule has 1 aromatic carbocycles. The molecule has 12 heteroatoms. The number of piperazine rings is 1. The Morgan fingerprint density at radius 3 is 2.62 bits per heavy atom. The number of nitrogens with zero attached hydrogens (tertiary/aromatic N) is 4. The highest BCUT2D eigenvalue weighted by atomic mass is 16.5. The summed E-state index contributed by atoms with van der Waals surface area (Å²) in [6, 6.07) is 5.14. The van der Waals surface area contributed by atoms with E-state index < -0.39 is 18.0 Å². The van der Waals surface area contributed by atoms with E-state index in [0.717, 1.165) is 43.9 Å². The summed E-state index contributed by atoms with van der Waals surface area (Å²) >= 11 is 0. The Morgan fingerprint density at radius 2 is 1.91 bits per heavy atom. The summed E-state index contributed by atoms with van der Waals surface area (Å²) in [5, 5.41) is 13.1. The summed E-state index contributed by atoms with van der Waals surface area (Å²) in [5.74, 6) is -0.745. The third-order valence-electron chi connectivity index (χ3n) is 6.41. The van der Waals surface area contributed by atoms with Crippen molar-refractivity contribution in [1.82, 2.24) is 24.7 Å². The van der Waals surface area contributed by atoms with Gasteiger partial charge in [-0.3, -0.25) is 28.9 Å². The standard InChI is InChI=1S/C22H30N6O6/c1-25-18-14-15(27-9-7-26(8-10-27)11-13-34-12-6-23-21(31)32)2-3-16(18)28(22(25)33)17-4-5-19(29)24-20(17)30/h2-3,14,17,23H,4-13H2,1H3,(H,31,32)(H,24,29,30). The minimum Gasteiger partial charge on any atom is -0.465 e. The van der Waals surface area contributed by atoms with Gasteiger partial charge >= 0.3 is 11.8 Å². The third-order valence-corrected chi connectivity index (χ3v) is 6.41. The number of carbonyl (C=O) groups excluding carboxylic acids is 2. The maximum absolute atomic E-state index is 12.9. The predicted molar refractivity (Wildman–Crippen MR) is 124 cm³/mol. The van der Waals surface area contributed by atoms with Crippen LogP contribution in [-0.2, 0) is 21.4 Å². The number of anilines is 1. The molecule has 12 nitrogen and oxygen atoms in total. The second kappa shape index (κ2) is 10.3.